The smallest absolute Gasteiger partial charge is 0.234 e. The number of thioether (sulfide) groups is 1. The number of hydrogen-bond donors (Lipinski definition) is 2. The highest BCUT2D eigenvalue weighted by atomic mass is 79.9. The van der Waals surface area contributed by atoms with Gasteiger partial charge in [0.15, 0.2) is 5.16 Å². The van der Waals surface area contributed by atoms with Crippen LogP contribution in [0, 0.1) is 6.92 Å². The van der Waals surface area contributed by atoms with E-state index in [1.54, 1.807) is 11.6 Å². The molecule has 3 N–H and O–H groups in total. The number of anilines is 2. The number of nitrogens with two attached hydrogens (primary N) is 1. The maximum Gasteiger partial charge on any atom is 0.234 e. The van der Waals surface area contributed by atoms with Gasteiger partial charge in [0.2, 0.25) is 11.9 Å². The topological polar surface area (TPSA) is 85.8 Å². The summed E-state index contributed by atoms with van der Waals surface area (Å²) in [6.45, 7) is 1.98. The summed E-state index contributed by atoms with van der Waals surface area (Å²) in [6, 6.07) is 3.88. The Bertz CT molecular complexity index is 665. The number of benzene rings is 1. The van der Waals surface area contributed by atoms with Crippen LogP contribution in [-0.2, 0) is 11.8 Å². The maximum absolute atomic E-state index is 12.0. The standard InChI is InChI=1S/C12H13Br2N5OS/c1-6-3-7(13)10(8(14)4-6)16-9(20)5-21-12-18-17-11(15)19(12)2/h3-4H,5H2,1-2H3,(H2,15,17)(H,16,20). The number of nitrogen functional groups attached to an aromatic ring is 1. The summed E-state index contributed by atoms with van der Waals surface area (Å²) in [7, 11) is 1.75. The van der Waals surface area contributed by atoms with Crippen LogP contribution in [0.15, 0.2) is 26.2 Å². The molecule has 0 spiro atoms. The monoisotopic (exact) mass is 433 g/mol. The zero-order valence-corrected chi connectivity index (χ0v) is 15.3. The minimum absolute atomic E-state index is 0.133. The van der Waals surface area contributed by atoms with Crippen molar-refractivity contribution in [3.8, 4) is 0 Å². The minimum atomic E-state index is -0.133. The quantitative estimate of drug-likeness (QED) is 0.722. The van der Waals surface area contributed by atoms with Gasteiger partial charge in [0.25, 0.3) is 0 Å². The van der Waals surface area contributed by atoms with Crippen molar-refractivity contribution in [3.63, 3.8) is 0 Å². The molecule has 6 nitrogen and oxygen atoms in total. The first kappa shape index (κ1) is 16.3. The third-order valence-electron chi connectivity index (χ3n) is 2.65. The van der Waals surface area contributed by atoms with Crippen molar-refractivity contribution in [3.05, 3.63) is 26.6 Å². The number of aromatic nitrogens is 3. The lowest BCUT2D eigenvalue weighted by molar-refractivity contribution is -0.113. The van der Waals surface area contributed by atoms with E-state index in [0.717, 1.165) is 14.5 Å². The lowest BCUT2D eigenvalue weighted by Gasteiger charge is -2.10. The van der Waals surface area contributed by atoms with E-state index in [2.05, 4.69) is 47.4 Å². The normalized spacial score (nSPS) is 10.7. The number of halogens is 2. The molecule has 0 aliphatic carbocycles. The van der Waals surface area contributed by atoms with Gasteiger partial charge in [-0.3, -0.25) is 9.36 Å². The zero-order valence-electron chi connectivity index (χ0n) is 11.4. The first-order chi connectivity index (χ1) is 9.88. The van der Waals surface area contributed by atoms with Crippen LogP contribution in [-0.4, -0.2) is 26.4 Å². The molecule has 9 heteroatoms. The Balaban J connectivity index is 2.01. The second-order valence-electron chi connectivity index (χ2n) is 4.34. The van der Waals surface area contributed by atoms with E-state index in [4.69, 9.17) is 5.73 Å². The average Bonchev–Trinajstić information content (AvgIpc) is 2.72. The van der Waals surface area contributed by atoms with Crippen LogP contribution in [0.25, 0.3) is 0 Å². The van der Waals surface area contributed by atoms with Gasteiger partial charge in [-0.1, -0.05) is 11.8 Å². The van der Waals surface area contributed by atoms with Crippen LogP contribution in [0.2, 0.25) is 0 Å². The Morgan fingerprint density at radius 2 is 2.00 bits per heavy atom. The molecule has 21 heavy (non-hydrogen) atoms. The van der Waals surface area contributed by atoms with Gasteiger partial charge in [-0.25, -0.2) is 0 Å². The Hall–Kier alpha value is -1.06. The van der Waals surface area contributed by atoms with Gasteiger partial charge in [-0.2, -0.15) is 0 Å². The van der Waals surface area contributed by atoms with Gasteiger partial charge in [0.1, 0.15) is 0 Å². The molecule has 0 bridgehead atoms. The van der Waals surface area contributed by atoms with E-state index in [1.165, 1.54) is 11.8 Å². The molecular weight excluding hydrogens is 422 g/mol. The number of aryl methyl sites for hydroxylation is 1. The van der Waals surface area contributed by atoms with E-state index in [9.17, 15) is 4.79 Å². The summed E-state index contributed by atoms with van der Waals surface area (Å²) in [5, 5.41) is 11.1. The molecule has 2 aromatic rings. The van der Waals surface area contributed by atoms with E-state index < -0.39 is 0 Å². The van der Waals surface area contributed by atoms with Crippen molar-refractivity contribution in [1.82, 2.24) is 14.8 Å². The molecule has 1 heterocycles. The summed E-state index contributed by atoms with van der Waals surface area (Å²) in [4.78, 5) is 12.0. The fraction of sp³-hybridized carbons (Fsp3) is 0.250. The Morgan fingerprint density at radius 1 is 1.38 bits per heavy atom. The van der Waals surface area contributed by atoms with Crippen LogP contribution in [0.5, 0.6) is 0 Å². The van der Waals surface area contributed by atoms with Crippen LogP contribution < -0.4 is 11.1 Å². The van der Waals surface area contributed by atoms with E-state index in [1.807, 2.05) is 19.1 Å². The summed E-state index contributed by atoms with van der Waals surface area (Å²) in [5.74, 6) is 0.410. The fourth-order valence-corrected chi connectivity index (χ4v) is 3.91. The first-order valence-corrected chi connectivity index (χ1v) is 8.49. The molecule has 0 fully saturated rings. The maximum atomic E-state index is 12.0. The van der Waals surface area contributed by atoms with Crippen molar-refractivity contribution in [2.45, 2.75) is 12.1 Å². The summed E-state index contributed by atoms with van der Waals surface area (Å²) < 4.78 is 3.29. The summed E-state index contributed by atoms with van der Waals surface area (Å²) in [5.41, 5.74) is 7.39. The molecule has 1 aromatic carbocycles. The van der Waals surface area contributed by atoms with Gasteiger partial charge < -0.3 is 11.1 Å². The number of nitrogens with one attached hydrogen (secondary N) is 1. The number of carbonyl (C=O) groups is 1. The van der Waals surface area contributed by atoms with Crippen LogP contribution in [0.3, 0.4) is 0 Å². The van der Waals surface area contributed by atoms with Crippen molar-refractivity contribution >= 4 is 61.2 Å². The SMILES string of the molecule is Cc1cc(Br)c(NC(=O)CSc2nnc(N)n2C)c(Br)c1. The minimum Gasteiger partial charge on any atom is -0.368 e. The predicted molar refractivity (Wildman–Crippen MR) is 91.3 cm³/mol. The van der Waals surface area contributed by atoms with Crippen LogP contribution in [0.1, 0.15) is 5.56 Å². The number of amides is 1. The lowest BCUT2D eigenvalue weighted by atomic mass is 10.2. The van der Waals surface area contributed by atoms with Crippen LogP contribution >= 0.6 is 43.6 Å². The van der Waals surface area contributed by atoms with E-state index in [0.29, 0.717) is 16.8 Å². The predicted octanol–water partition coefficient (Wildman–Crippen LogP) is 2.96. The van der Waals surface area contributed by atoms with Gasteiger partial charge in [0.05, 0.1) is 11.4 Å². The third-order valence-corrected chi connectivity index (χ3v) is 4.92. The Labute approximate surface area is 143 Å². The number of hydrogen-bond acceptors (Lipinski definition) is 5. The Morgan fingerprint density at radius 3 is 2.52 bits per heavy atom. The molecular formula is C12H13Br2N5OS. The molecule has 1 aromatic heterocycles. The second kappa shape index (κ2) is 6.80. The molecule has 0 unspecified atom stereocenters. The molecule has 0 aliphatic rings. The van der Waals surface area contributed by atoms with E-state index >= 15 is 0 Å². The van der Waals surface area contributed by atoms with Crippen molar-refractivity contribution < 1.29 is 4.79 Å². The molecule has 1 amide bonds. The van der Waals surface area contributed by atoms with Gasteiger partial charge in [0, 0.05) is 16.0 Å². The zero-order chi connectivity index (χ0) is 15.6. The van der Waals surface area contributed by atoms with Gasteiger partial charge in [-0.05, 0) is 56.5 Å². The van der Waals surface area contributed by atoms with Crippen molar-refractivity contribution in [2.75, 3.05) is 16.8 Å². The molecule has 0 saturated carbocycles. The number of nitrogens with zero attached hydrogens (tertiary/aromatic N) is 3. The highest BCUT2D eigenvalue weighted by molar-refractivity contribution is 9.11. The first-order valence-electron chi connectivity index (χ1n) is 5.91. The van der Waals surface area contributed by atoms with Crippen LogP contribution in [0.4, 0.5) is 11.6 Å². The fourth-order valence-electron chi connectivity index (χ4n) is 1.58. The van der Waals surface area contributed by atoms with Gasteiger partial charge >= 0.3 is 0 Å². The molecule has 0 radical (unpaired) electrons. The number of carbonyl (C=O) groups excluding carboxylic acids is 1. The highest BCUT2D eigenvalue weighted by Gasteiger charge is 2.13. The Kier molecular flexibility index (Phi) is 5.28. The van der Waals surface area contributed by atoms with Gasteiger partial charge in [-0.15, -0.1) is 10.2 Å². The van der Waals surface area contributed by atoms with E-state index in [-0.39, 0.29) is 11.7 Å². The molecule has 0 atom stereocenters. The van der Waals surface area contributed by atoms with Crippen molar-refractivity contribution in [1.29, 1.82) is 0 Å². The van der Waals surface area contributed by atoms with Crippen molar-refractivity contribution in [2.24, 2.45) is 7.05 Å². The molecule has 112 valence electrons. The molecule has 2 rings (SSSR count). The number of rotatable bonds is 4. The largest absolute Gasteiger partial charge is 0.368 e. The average molecular weight is 435 g/mol. The second-order valence-corrected chi connectivity index (χ2v) is 6.99. The summed E-state index contributed by atoms with van der Waals surface area (Å²) >= 11 is 8.16. The summed E-state index contributed by atoms with van der Waals surface area (Å²) in [6.07, 6.45) is 0. The lowest BCUT2D eigenvalue weighted by Crippen LogP contribution is -2.15. The molecule has 0 aliphatic heterocycles. The highest BCUT2D eigenvalue weighted by Crippen LogP contribution is 2.32. The molecule has 0 saturated heterocycles. The third kappa shape index (κ3) is 3.98.